The number of aromatic nitrogens is 2. The lowest BCUT2D eigenvalue weighted by Gasteiger charge is -2.06. The Kier molecular flexibility index (Phi) is 2.73. The molecule has 5 nitrogen and oxygen atoms in total. The van der Waals surface area contributed by atoms with Gasteiger partial charge in [0.25, 0.3) is 0 Å². The topological polar surface area (TPSA) is 64.4 Å². The molecule has 0 aliphatic heterocycles. The normalized spacial score (nSPS) is 12.6. The molecule has 6 heteroatoms. The third kappa shape index (κ3) is 1.84. The zero-order valence-electron chi connectivity index (χ0n) is 8.11. The van der Waals surface area contributed by atoms with Crippen LogP contribution in [0.1, 0.15) is 11.4 Å². The largest absolute Gasteiger partial charge is 0.476 e. The molecule has 1 heterocycles. The molecule has 0 aliphatic rings. The molecule has 1 aromatic heterocycles. The Morgan fingerprint density at radius 3 is 2.57 bits per heavy atom. The summed E-state index contributed by atoms with van der Waals surface area (Å²) < 4.78 is 18.8. The first-order valence-corrected chi connectivity index (χ1v) is 3.97. The summed E-state index contributed by atoms with van der Waals surface area (Å²) in [6, 6.07) is 0. The second kappa shape index (κ2) is 3.65. The van der Waals surface area contributed by atoms with Crippen molar-refractivity contribution < 1.29 is 19.0 Å². The van der Waals surface area contributed by atoms with Gasteiger partial charge in [0.1, 0.15) is 5.69 Å². The lowest BCUT2D eigenvalue weighted by molar-refractivity contribution is -0.153. The Hall–Kier alpha value is -1.59. The summed E-state index contributed by atoms with van der Waals surface area (Å²) in [7, 11) is 1.67. The minimum atomic E-state index is -2.35. The van der Waals surface area contributed by atoms with Gasteiger partial charge in [-0.2, -0.15) is 9.49 Å². The summed E-state index contributed by atoms with van der Waals surface area (Å²) in [6.07, 6.45) is -2.35. The lowest BCUT2D eigenvalue weighted by atomic mass is 10.3. The van der Waals surface area contributed by atoms with Gasteiger partial charge in [0.2, 0.25) is 0 Å². The van der Waals surface area contributed by atoms with E-state index in [1.165, 1.54) is 4.68 Å². The second-order valence-electron chi connectivity index (χ2n) is 2.90. The van der Waals surface area contributed by atoms with Crippen LogP contribution in [0.4, 0.5) is 4.39 Å². The van der Waals surface area contributed by atoms with Crippen LogP contribution in [-0.2, 0) is 11.8 Å². The standard InChI is InChI=1S/C8H11FN2O3/c1-4-6(5(2)11(3)10-4)14-7(9)8(12)13/h7H,1-3H3,(H,12,13). The number of carboxylic acid groups (broad SMARTS) is 1. The van der Waals surface area contributed by atoms with Gasteiger partial charge < -0.3 is 9.84 Å². The SMILES string of the molecule is Cc1nn(C)c(C)c1OC(F)C(=O)O. The highest BCUT2D eigenvalue weighted by Crippen LogP contribution is 2.22. The maximum absolute atomic E-state index is 12.7. The highest BCUT2D eigenvalue weighted by atomic mass is 19.1. The number of alkyl halides is 1. The van der Waals surface area contributed by atoms with E-state index in [1.807, 2.05) is 0 Å². The van der Waals surface area contributed by atoms with Crippen molar-refractivity contribution in [1.82, 2.24) is 9.78 Å². The Morgan fingerprint density at radius 1 is 1.64 bits per heavy atom. The molecule has 0 spiro atoms. The van der Waals surface area contributed by atoms with Crippen LogP contribution in [0.3, 0.4) is 0 Å². The number of carboxylic acids is 1. The quantitative estimate of drug-likeness (QED) is 0.787. The van der Waals surface area contributed by atoms with Crippen LogP contribution in [0.2, 0.25) is 0 Å². The smallest absolute Gasteiger partial charge is 0.378 e. The average molecular weight is 202 g/mol. The van der Waals surface area contributed by atoms with E-state index in [0.29, 0.717) is 11.4 Å². The summed E-state index contributed by atoms with van der Waals surface area (Å²) in [5.41, 5.74) is 1.06. The summed E-state index contributed by atoms with van der Waals surface area (Å²) >= 11 is 0. The second-order valence-corrected chi connectivity index (χ2v) is 2.90. The van der Waals surface area contributed by atoms with E-state index < -0.39 is 12.3 Å². The molecule has 14 heavy (non-hydrogen) atoms. The lowest BCUT2D eigenvalue weighted by Crippen LogP contribution is -2.21. The first-order chi connectivity index (χ1) is 6.43. The van der Waals surface area contributed by atoms with Gasteiger partial charge in [0.05, 0.1) is 5.69 Å². The number of ether oxygens (including phenoxy) is 1. The monoisotopic (exact) mass is 202 g/mol. The van der Waals surface area contributed by atoms with E-state index in [0.717, 1.165) is 0 Å². The van der Waals surface area contributed by atoms with Crippen molar-refractivity contribution in [2.75, 3.05) is 0 Å². The fourth-order valence-corrected chi connectivity index (χ4v) is 1.08. The maximum atomic E-state index is 12.7. The van der Waals surface area contributed by atoms with E-state index in [4.69, 9.17) is 5.11 Å². The van der Waals surface area contributed by atoms with Gasteiger partial charge in [-0.3, -0.25) is 4.68 Å². The van der Waals surface area contributed by atoms with Gasteiger partial charge in [-0.05, 0) is 13.8 Å². The summed E-state index contributed by atoms with van der Waals surface area (Å²) in [6.45, 7) is 3.29. The Labute approximate surface area is 80.1 Å². The molecular formula is C8H11FN2O3. The van der Waals surface area contributed by atoms with Crippen molar-refractivity contribution in [2.45, 2.75) is 20.2 Å². The van der Waals surface area contributed by atoms with Crippen molar-refractivity contribution in [3.05, 3.63) is 11.4 Å². The average Bonchev–Trinajstić information content (AvgIpc) is 2.32. The highest BCUT2D eigenvalue weighted by Gasteiger charge is 2.21. The van der Waals surface area contributed by atoms with E-state index >= 15 is 0 Å². The van der Waals surface area contributed by atoms with Crippen molar-refractivity contribution in [1.29, 1.82) is 0 Å². The number of aryl methyl sites for hydroxylation is 2. The van der Waals surface area contributed by atoms with Crippen LogP contribution in [0.15, 0.2) is 0 Å². The van der Waals surface area contributed by atoms with Crippen molar-refractivity contribution in [3.8, 4) is 5.75 Å². The number of rotatable bonds is 3. The van der Waals surface area contributed by atoms with Crippen LogP contribution in [0.5, 0.6) is 5.75 Å². The third-order valence-electron chi connectivity index (χ3n) is 1.86. The molecule has 1 rings (SSSR count). The van der Waals surface area contributed by atoms with E-state index in [2.05, 4.69) is 9.84 Å². The fraction of sp³-hybridized carbons (Fsp3) is 0.500. The molecule has 0 bridgehead atoms. The Morgan fingerprint density at radius 2 is 2.21 bits per heavy atom. The first-order valence-electron chi connectivity index (χ1n) is 3.97. The number of carbonyl (C=O) groups is 1. The molecule has 0 amide bonds. The first kappa shape index (κ1) is 10.5. The van der Waals surface area contributed by atoms with E-state index in [9.17, 15) is 9.18 Å². The fourth-order valence-electron chi connectivity index (χ4n) is 1.08. The van der Waals surface area contributed by atoms with Crippen LogP contribution in [0.25, 0.3) is 0 Å². The summed E-state index contributed by atoms with van der Waals surface area (Å²) in [5.74, 6) is -1.46. The minimum absolute atomic E-state index is 0.183. The van der Waals surface area contributed by atoms with E-state index in [-0.39, 0.29) is 5.75 Å². The molecule has 0 radical (unpaired) electrons. The predicted molar refractivity (Wildman–Crippen MR) is 45.8 cm³/mol. The molecule has 1 atom stereocenters. The molecule has 0 fully saturated rings. The number of halogens is 1. The predicted octanol–water partition coefficient (Wildman–Crippen LogP) is 0.796. The number of nitrogens with zero attached hydrogens (tertiary/aromatic N) is 2. The maximum Gasteiger partial charge on any atom is 0.378 e. The number of hydrogen-bond donors (Lipinski definition) is 1. The molecule has 1 unspecified atom stereocenters. The molecule has 0 aliphatic carbocycles. The third-order valence-corrected chi connectivity index (χ3v) is 1.86. The zero-order chi connectivity index (χ0) is 10.9. The van der Waals surface area contributed by atoms with Gasteiger partial charge in [-0.15, -0.1) is 0 Å². The molecule has 0 saturated heterocycles. The van der Waals surface area contributed by atoms with Crippen molar-refractivity contribution >= 4 is 5.97 Å². The van der Waals surface area contributed by atoms with Crippen LogP contribution < -0.4 is 4.74 Å². The van der Waals surface area contributed by atoms with Crippen molar-refractivity contribution in [3.63, 3.8) is 0 Å². The highest BCUT2D eigenvalue weighted by molar-refractivity contribution is 5.71. The van der Waals surface area contributed by atoms with Gasteiger partial charge in [-0.1, -0.05) is 0 Å². The molecule has 1 aromatic rings. The zero-order valence-corrected chi connectivity index (χ0v) is 8.11. The van der Waals surface area contributed by atoms with Crippen molar-refractivity contribution in [2.24, 2.45) is 7.05 Å². The van der Waals surface area contributed by atoms with Gasteiger partial charge in [0.15, 0.2) is 5.75 Å². The molecule has 0 saturated carbocycles. The van der Waals surface area contributed by atoms with Crippen LogP contribution >= 0.6 is 0 Å². The van der Waals surface area contributed by atoms with Crippen LogP contribution in [-0.4, -0.2) is 27.2 Å². The summed E-state index contributed by atoms with van der Waals surface area (Å²) in [5, 5.41) is 12.3. The molecule has 1 N–H and O–H groups in total. The van der Waals surface area contributed by atoms with Gasteiger partial charge >= 0.3 is 12.3 Å². The number of aliphatic carboxylic acids is 1. The summed E-state index contributed by atoms with van der Waals surface area (Å²) in [4.78, 5) is 10.2. The Balaban J connectivity index is 2.91. The molecular weight excluding hydrogens is 191 g/mol. The Bertz CT molecular complexity index is 362. The van der Waals surface area contributed by atoms with Gasteiger partial charge in [-0.25, -0.2) is 4.79 Å². The van der Waals surface area contributed by atoms with E-state index in [1.54, 1.807) is 20.9 Å². The molecule has 0 aromatic carbocycles. The molecule has 78 valence electrons. The van der Waals surface area contributed by atoms with Gasteiger partial charge in [0, 0.05) is 7.05 Å². The minimum Gasteiger partial charge on any atom is -0.476 e. The van der Waals surface area contributed by atoms with Crippen LogP contribution in [0, 0.1) is 13.8 Å². The number of hydrogen-bond acceptors (Lipinski definition) is 3.